The van der Waals surface area contributed by atoms with Gasteiger partial charge in [-0.25, -0.2) is 4.98 Å². The highest BCUT2D eigenvalue weighted by Crippen LogP contribution is 2.37. The van der Waals surface area contributed by atoms with Crippen LogP contribution >= 0.6 is 0 Å². The number of rotatable bonds is 8. The van der Waals surface area contributed by atoms with E-state index in [9.17, 15) is 4.79 Å². The van der Waals surface area contributed by atoms with Crippen molar-refractivity contribution in [2.24, 2.45) is 5.41 Å². The van der Waals surface area contributed by atoms with E-state index in [4.69, 9.17) is 9.47 Å². The van der Waals surface area contributed by atoms with Gasteiger partial charge >= 0.3 is 5.97 Å². The van der Waals surface area contributed by atoms with E-state index in [2.05, 4.69) is 26.6 Å². The molecule has 3 aromatic rings. The van der Waals surface area contributed by atoms with Gasteiger partial charge in [0.05, 0.1) is 25.7 Å². The van der Waals surface area contributed by atoms with Crippen LogP contribution in [0.1, 0.15) is 31.2 Å². The first kappa shape index (κ1) is 22.1. The second-order valence-corrected chi connectivity index (χ2v) is 8.35. The molecule has 0 amide bonds. The largest absolute Gasteiger partial charge is 0.497 e. The lowest BCUT2D eigenvalue weighted by Gasteiger charge is -2.40. The molecule has 168 valence electrons. The molecule has 0 saturated carbocycles. The second-order valence-electron chi connectivity index (χ2n) is 8.35. The number of benzene rings is 2. The minimum Gasteiger partial charge on any atom is -0.497 e. The molecule has 1 aromatic heterocycles. The zero-order valence-electron chi connectivity index (χ0n) is 18.9. The van der Waals surface area contributed by atoms with Gasteiger partial charge in [0.1, 0.15) is 11.6 Å². The summed E-state index contributed by atoms with van der Waals surface area (Å²) in [5.74, 6) is 1.75. The van der Waals surface area contributed by atoms with Gasteiger partial charge in [-0.2, -0.15) is 0 Å². The molecule has 1 saturated heterocycles. The van der Waals surface area contributed by atoms with Gasteiger partial charge in [0.15, 0.2) is 0 Å². The molecule has 6 nitrogen and oxygen atoms in total. The fourth-order valence-electron chi connectivity index (χ4n) is 4.49. The Hall–Kier alpha value is -3.12. The molecular formula is C26H31N3O3. The number of esters is 1. The Morgan fingerprint density at radius 1 is 1.06 bits per heavy atom. The molecule has 1 aliphatic rings. The standard InChI is InChI=1S/C26H31N3O3/c1-3-32-25(30)26(19-21-7-5-4-6-8-21)13-16-28(17-14-26)20-24-27-15-18-29(24)22-9-11-23(31-2)12-10-22/h4-12,15,18H,3,13-14,16-17,19-20H2,1-2H3. The summed E-state index contributed by atoms with van der Waals surface area (Å²) in [5.41, 5.74) is 1.78. The van der Waals surface area contributed by atoms with Crippen LogP contribution in [0.25, 0.3) is 5.69 Å². The van der Waals surface area contributed by atoms with E-state index in [1.54, 1.807) is 7.11 Å². The van der Waals surface area contributed by atoms with Crippen LogP contribution in [0.5, 0.6) is 5.75 Å². The van der Waals surface area contributed by atoms with E-state index in [-0.39, 0.29) is 5.97 Å². The summed E-state index contributed by atoms with van der Waals surface area (Å²) in [6.45, 7) is 4.70. The van der Waals surface area contributed by atoms with Crippen molar-refractivity contribution in [2.45, 2.75) is 32.7 Å². The second kappa shape index (κ2) is 10.0. The van der Waals surface area contributed by atoms with Crippen LogP contribution in [0.15, 0.2) is 67.0 Å². The summed E-state index contributed by atoms with van der Waals surface area (Å²) in [6.07, 6.45) is 6.11. The highest BCUT2D eigenvalue weighted by Gasteiger charge is 2.42. The fraction of sp³-hybridized carbons (Fsp3) is 0.385. The van der Waals surface area contributed by atoms with E-state index in [0.717, 1.165) is 56.2 Å². The molecule has 1 fully saturated rings. The van der Waals surface area contributed by atoms with Gasteiger partial charge in [-0.1, -0.05) is 30.3 Å². The van der Waals surface area contributed by atoms with Gasteiger partial charge in [0, 0.05) is 18.1 Å². The van der Waals surface area contributed by atoms with Crippen molar-refractivity contribution in [3.63, 3.8) is 0 Å². The highest BCUT2D eigenvalue weighted by molar-refractivity contribution is 5.77. The number of hydrogen-bond donors (Lipinski definition) is 0. The van der Waals surface area contributed by atoms with Gasteiger partial charge in [-0.05, 0) is 69.1 Å². The van der Waals surface area contributed by atoms with Gasteiger partial charge in [0.2, 0.25) is 0 Å². The number of carbonyl (C=O) groups excluding carboxylic acids is 1. The zero-order chi connectivity index (χ0) is 22.4. The lowest BCUT2D eigenvalue weighted by atomic mass is 9.73. The molecule has 6 heteroatoms. The molecule has 0 radical (unpaired) electrons. The third-order valence-corrected chi connectivity index (χ3v) is 6.34. The fourth-order valence-corrected chi connectivity index (χ4v) is 4.49. The van der Waals surface area contributed by atoms with Crippen molar-refractivity contribution in [3.05, 3.63) is 78.4 Å². The third-order valence-electron chi connectivity index (χ3n) is 6.34. The lowest BCUT2D eigenvalue weighted by Crippen LogP contribution is -2.46. The molecule has 2 aromatic carbocycles. The number of carbonyl (C=O) groups is 1. The first-order chi connectivity index (χ1) is 15.6. The molecule has 0 atom stereocenters. The van der Waals surface area contributed by atoms with Crippen LogP contribution in [0.2, 0.25) is 0 Å². The van der Waals surface area contributed by atoms with Gasteiger partial charge < -0.3 is 14.0 Å². The summed E-state index contributed by atoms with van der Waals surface area (Å²) in [6, 6.07) is 18.2. The van der Waals surface area contributed by atoms with Crippen LogP contribution in [0.4, 0.5) is 0 Å². The molecule has 1 aliphatic heterocycles. The Morgan fingerprint density at radius 2 is 1.78 bits per heavy atom. The van der Waals surface area contributed by atoms with Crippen molar-refractivity contribution >= 4 is 5.97 Å². The summed E-state index contributed by atoms with van der Waals surface area (Å²) < 4.78 is 12.9. The van der Waals surface area contributed by atoms with Gasteiger partial charge in [0.25, 0.3) is 0 Å². The van der Waals surface area contributed by atoms with Crippen LogP contribution in [0.3, 0.4) is 0 Å². The number of methoxy groups -OCH3 is 1. The number of nitrogens with zero attached hydrogens (tertiary/aromatic N) is 3. The molecular weight excluding hydrogens is 402 g/mol. The summed E-state index contributed by atoms with van der Waals surface area (Å²) in [4.78, 5) is 19.9. The molecule has 32 heavy (non-hydrogen) atoms. The van der Waals surface area contributed by atoms with Crippen LogP contribution in [-0.2, 0) is 22.5 Å². The topological polar surface area (TPSA) is 56.6 Å². The Labute approximate surface area is 189 Å². The third kappa shape index (κ3) is 4.86. The summed E-state index contributed by atoms with van der Waals surface area (Å²) in [7, 11) is 1.67. The predicted octanol–water partition coefficient (Wildman–Crippen LogP) is 4.27. The zero-order valence-corrected chi connectivity index (χ0v) is 18.9. The van der Waals surface area contributed by atoms with Crippen molar-refractivity contribution in [3.8, 4) is 11.4 Å². The SMILES string of the molecule is CCOC(=O)C1(Cc2ccccc2)CCN(Cc2nccn2-c2ccc(OC)cc2)CC1. The Morgan fingerprint density at radius 3 is 2.44 bits per heavy atom. The molecule has 0 spiro atoms. The molecule has 0 bridgehead atoms. The van der Waals surface area contributed by atoms with Gasteiger partial charge in [-0.3, -0.25) is 9.69 Å². The number of aromatic nitrogens is 2. The molecule has 0 aliphatic carbocycles. The normalized spacial score (nSPS) is 15.9. The van der Waals surface area contributed by atoms with E-state index >= 15 is 0 Å². The first-order valence-corrected chi connectivity index (χ1v) is 11.2. The van der Waals surface area contributed by atoms with Crippen LogP contribution < -0.4 is 4.74 Å². The maximum atomic E-state index is 13.0. The van der Waals surface area contributed by atoms with Crippen molar-refractivity contribution in [1.82, 2.24) is 14.5 Å². The minimum absolute atomic E-state index is 0.0664. The molecule has 0 N–H and O–H groups in total. The smallest absolute Gasteiger partial charge is 0.312 e. The number of imidazole rings is 1. The van der Waals surface area contributed by atoms with E-state index in [0.29, 0.717) is 6.61 Å². The summed E-state index contributed by atoms with van der Waals surface area (Å²) in [5, 5.41) is 0. The van der Waals surface area contributed by atoms with E-state index in [1.165, 1.54) is 5.56 Å². The van der Waals surface area contributed by atoms with Crippen molar-refractivity contribution in [1.29, 1.82) is 0 Å². The number of piperidine rings is 1. The van der Waals surface area contributed by atoms with Crippen LogP contribution in [0, 0.1) is 5.41 Å². The number of likely N-dealkylation sites (tertiary alicyclic amines) is 1. The average Bonchev–Trinajstić information content (AvgIpc) is 3.29. The number of hydrogen-bond acceptors (Lipinski definition) is 5. The predicted molar refractivity (Wildman–Crippen MR) is 124 cm³/mol. The first-order valence-electron chi connectivity index (χ1n) is 11.2. The Kier molecular flexibility index (Phi) is 6.90. The van der Waals surface area contributed by atoms with Crippen LogP contribution in [-0.4, -0.2) is 47.2 Å². The average molecular weight is 434 g/mol. The molecule has 2 heterocycles. The Balaban J connectivity index is 1.45. The lowest BCUT2D eigenvalue weighted by molar-refractivity contribution is -0.158. The molecule has 4 rings (SSSR count). The molecule has 0 unspecified atom stereocenters. The Bertz CT molecular complexity index is 1010. The van der Waals surface area contributed by atoms with Gasteiger partial charge in [-0.15, -0.1) is 0 Å². The maximum Gasteiger partial charge on any atom is 0.312 e. The number of ether oxygens (including phenoxy) is 2. The highest BCUT2D eigenvalue weighted by atomic mass is 16.5. The van der Waals surface area contributed by atoms with Crippen molar-refractivity contribution in [2.75, 3.05) is 26.8 Å². The maximum absolute atomic E-state index is 13.0. The monoisotopic (exact) mass is 433 g/mol. The van der Waals surface area contributed by atoms with E-state index < -0.39 is 5.41 Å². The van der Waals surface area contributed by atoms with E-state index in [1.807, 2.05) is 61.8 Å². The van der Waals surface area contributed by atoms with Crippen molar-refractivity contribution < 1.29 is 14.3 Å². The summed E-state index contributed by atoms with van der Waals surface area (Å²) >= 11 is 0. The minimum atomic E-state index is -0.459. The quantitative estimate of drug-likeness (QED) is 0.497.